The zero-order valence-electron chi connectivity index (χ0n) is 12.4. The molecule has 0 unspecified atom stereocenters. The Morgan fingerprint density at radius 2 is 2.06 bits per heavy atom. The highest BCUT2D eigenvalue weighted by Gasteiger charge is 2.17. The van der Waals surface area contributed by atoms with E-state index in [9.17, 15) is 0 Å². The summed E-state index contributed by atoms with van der Waals surface area (Å²) >= 11 is 1.79. The quantitative estimate of drug-likeness (QED) is 0.772. The molecule has 1 aromatic heterocycles. The first-order valence-electron chi connectivity index (χ1n) is 6.85. The van der Waals surface area contributed by atoms with Gasteiger partial charge in [-0.05, 0) is 13.1 Å². The number of hydrogen-bond donors (Lipinski definition) is 1. The van der Waals surface area contributed by atoms with Crippen molar-refractivity contribution >= 4 is 11.3 Å². The molecule has 1 rings (SSSR count). The van der Waals surface area contributed by atoms with Crippen molar-refractivity contribution in [2.45, 2.75) is 46.6 Å². The van der Waals surface area contributed by atoms with Crippen molar-refractivity contribution in [3.8, 4) is 0 Å². The first-order valence-corrected chi connectivity index (χ1v) is 7.73. The van der Waals surface area contributed by atoms with Crippen LogP contribution in [0.4, 0.5) is 0 Å². The third-order valence-electron chi connectivity index (χ3n) is 2.98. The van der Waals surface area contributed by atoms with E-state index in [-0.39, 0.29) is 5.41 Å². The van der Waals surface area contributed by atoms with Crippen molar-refractivity contribution in [3.63, 3.8) is 0 Å². The molecular weight excluding hydrogens is 242 g/mol. The van der Waals surface area contributed by atoms with Gasteiger partial charge in [0.25, 0.3) is 0 Å². The molecule has 0 aliphatic carbocycles. The van der Waals surface area contributed by atoms with Crippen LogP contribution < -0.4 is 5.32 Å². The summed E-state index contributed by atoms with van der Waals surface area (Å²) in [4.78, 5) is 7.19. The minimum Gasteiger partial charge on any atom is -0.316 e. The smallest absolute Gasteiger partial charge is 0.107 e. The van der Waals surface area contributed by atoms with Crippen LogP contribution >= 0.6 is 11.3 Å². The first-order chi connectivity index (χ1) is 8.47. The zero-order valence-corrected chi connectivity index (χ0v) is 13.2. The number of rotatable bonds is 7. The van der Waals surface area contributed by atoms with Crippen LogP contribution in [0.2, 0.25) is 0 Å². The fraction of sp³-hybridized carbons (Fsp3) is 0.786. The molecule has 18 heavy (non-hydrogen) atoms. The second-order valence-corrected chi connectivity index (χ2v) is 6.54. The van der Waals surface area contributed by atoms with Gasteiger partial charge >= 0.3 is 0 Å². The molecule has 0 atom stereocenters. The third-order valence-corrected chi connectivity index (χ3v) is 3.81. The molecule has 3 nitrogen and oxygen atoms in total. The van der Waals surface area contributed by atoms with E-state index in [1.165, 1.54) is 10.7 Å². The lowest BCUT2D eigenvalue weighted by Crippen LogP contribution is -2.31. The molecule has 0 aromatic carbocycles. The summed E-state index contributed by atoms with van der Waals surface area (Å²) in [7, 11) is 0. The summed E-state index contributed by atoms with van der Waals surface area (Å²) in [6.07, 6.45) is 0. The fourth-order valence-electron chi connectivity index (χ4n) is 1.68. The average molecular weight is 269 g/mol. The molecule has 0 aliphatic heterocycles. The van der Waals surface area contributed by atoms with Crippen LogP contribution in [0.25, 0.3) is 0 Å². The highest BCUT2D eigenvalue weighted by atomic mass is 32.1. The average Bonchev–Trinajstić information content (AvgIpc) is 2.76. The lowest BCUT2D eigenvalue weighted by Gasteiger charge is -2.19. The van der Waals surface area contributed by atoms with Crippen molar-refractivity contribution in [2.24, 2.45) is 0 Å². The first kappa shape index (κ1) is 15.6. The molecule has 0 bridgehead atoms. The Bertz CT molecular complexity index is 341. The summed E-state index contributed by atoms with van der Waals surface area (Å²) in [5, 5.41) is 6.81. The molecule has 4 heteroatoms. The molecular formula is C14H27N3S. The lowest BCUT2D eigenvalue weighted by atomic mass is 9.93. The molecule has 0 saturated heterocycles. The lowest BCUT2D eigenvalue weighted by molar-refractivity contribution is 0.279. The van der Waals surface area contributed by atoms with Crippen LogP contribution in [0.1, 0.15) is 45.3 Å². The summed E-state index contributed by atoms with van der Waals surface area (Å²) in [6.45, 7) is 16.3. The SMILES string of the molecule is CCNCCN(CC)Cc1nc(C(C)(C)C)cs1. The van der Waals surface area contributed by atoms with Gasteiger partial charge in [0.2, 0.25) is 0 Å². The van der Waals surface area contributed by atoms with Gasteiger partial charge < -0.3 is 5.32 Å². The molecule has 0 radical (unpaired) electrons. The highest BCUT2D eigenvalue weighted by molar-refractivity contribution is 7.09. The van der Waals surface area contributed by atoms with Crippen molar-refractivity contribution in [3.05, 3.63) is 16.1 Å². The minimum atomic E-state index is 0.162. The van der Waals surface area contributed by atoms with Gasteiger partial charge in [-0.25, -0.2) is 4.98 Å². The maximum absolute atomic E-state index is 4.75. The number of hydrogen-bond acceptors (Lipinski definition) is 4. The van der Waals surface area contributed by atoms with E-state index in [0.29, 0.717) is 0 Å². The Hall–Kier alpha value is -0.450. The third kappa shape index (κ3) is 5.04. The second-order valence-electron chi connectivity index (χ2n) is 5.60. The van der Waals surface area contributed by atoms with Crippen molar-refractivity contribution in [1.82, 2.24) is 15.2 Å². The normalized spacial score (nSPS) is 12.3. The van der Waals surface area contributed by atoms with Crippen LogP contribution in [0.5, 0.6) is 0 Å². The predicted octanol–water partition coefficient (Wildman–Crippen LogP) is 2.87. The Labute approximate surface area is 116 Å². The maximum atomic E-state index is 4.75. The van der Waals surface area contributed by atoms with Crippen LogP contribution in [0, 0.1) is 0 Å². The Kier molecular flexibility index (Phi) is 6.26. The van der Waals surface area contributed by atoms with Gasteiger partial charge in [-0.1, -0.05) is 34.6 Å². The monoisotopic (exact) mass is 269 g/mol. The van der Waals surface area contributed by atoms with E-state index in [4.69, 9.17) is 4.98 Å². The van der Waals surface area contributed by atoms with Crippen molar-refractivity contribution in [1.29, 1.82) is 0 Å². The van der Waals surface area contributed by atoms with Gasteiger partial charge in [-0.2, -0.15) is 0 Å². The summed E-state index contributed by atoms with van der Waals surface area (Å²) < 4.78 is 0. The van der Waals surface area contributed by atoms with E-state index >= 15 is 0 Å². The second kappa shape index (κ2) is 7.22. The molecule has 0 fully saturated rings. The molecule has 0 saturated carbocycles. The van der Waals surface area contributed by atoms with Gasteiger partial charge in [-0.15, -0.1) is 11.3 Å². The summed E-state index contributed by atoms with van der Waals surface area (Å²) in [5.74, 6) is 0. The van der Waals surface area contributed by atoms with Crippen molar-refractivity contribution in [2.75, 3.05) is 26.2 Å². The van der Waals surface area contributed by atoms with E-state index in [1.807, 2.05) is 0 Å². The number of nitrogens with zero attached hydrogens (tertiary/aromatic N) is 2. The highest BCUT2D eigenvalue weighted by Crippen LogP contribution is 2.24. The van der Waals surface area contributed by atoms with Gasteiger partial charge in [0.05, 0.1) is 12.2 Å². The van der Waals surface area contributed by atoms with Gasteiger partial charge in [0.1, 0.15) is 5.01 Å². The van der Waals surface area contributed by atoms with Crippen LogP contribution in [0.15, 0.2) is 5.38 Å². The molecule has 1 N–H and O–H groups in total. The number of nitrogens with one attached hydrogen (secondary N) is 1. The molecule has 0 amide bonds. The number of aromatic nitrogens is 1. The molecule has 0 spiro atoms. The van der Waals surface area contributed by atoms with Gasteiger partial charge in [-0.3, -0.25) is 4.90 Å². The Morgan fingerprint density at radius 3 is 2.56 bits per heavy atom. The zero-order chi connectivity index (χ0) is 13.6. The van der Waals surface area contributed by atoms with E-state index in [2.05, 4.69) is 50.2 Å². The van der Waals surface area contributed by atoms with Gasteiger partial charge in [0.15, 0.2) is 0 Å². The Morgan fingerprint density at radius 1 is 1.33 bits per heavy atom. The van der Waals surface area contributed by atoms with Crippen molar-refractivity contribution < 1.29 is 0 Å². The van der Waals surface area contributed by atoms with E-state index in [1.54, 1.807) is 11.3 Å². The fourth-order valence-corrected chi connectivity index (χ4v) is 2.74. The van der Waals surface area contributed by atoms with Crippen LogP contribution in [-0.4, -0.2) is 36.1 Å². The molecule has 0 aliphatic rings. The maximum Gasteiger partial charge on any atom is 0.107 e. The topological polar surface area (TPSA) is 28.2 Å². The number of likely N-dealkylation sites (N-methyl/N-ethyl adjacent to an activating group) is 2. The molecule has 104 valence electrons. The summed E-state index contributed by atoms with van der Waals surface area (Å²) in [5.41, 5.74) is 1.38. The standard InChI is InChI=1S/C14H27N3S/c1-6-15-8-9-17(7-2)10-13-16-12(11-18-13)14(3,4)5/h11,15H,6-10H2,1-5H3. The minimum absolute atomic E-state index is 0.162. The van der Waals surface area contributed by atoms with E-state index in [0.717, 1.165) is 32.7 Å². The van der Waals surface area contributed by atoms with Gasteiger partial charge in [0, 0.05) is 23.9 Å². The van der Waals surface area contributed by atoms with Crippen LogP contribution in [-0.2, 0) is 12.0 Å². The molecule has 1 aromatic rings. The largest absolute Gasteiger partial charge is 0.316 e. The summed E-state index contributed by atoms with van der Waals surface area (Å²) in [6, 6.07) is 0. The predicted molar refractivity (Wildman–Crippen MR) is 80.3 cm³/mol. The molecule has 1 heterocycles. The number of thiazole rings is 1. The Balaban J connectivity index is 2.51. The van der Waals surface area contributed by atoms with Crippen LogP contribution in [0.3, 0.4) is 0 Å². The van der Waals surface area contributed by atoms with E-state index < -0.39 is 0 Å².